The molecule has 2 rings (SSSR count). The summed E-state index contributed by atoms with van der Waals surface area (Å²) in [6.45, 7) is 9.38. The molecule has 0 aliphatic carbocycles. The fourth-order valence-electron chi connectivity index (χ4n) is 3.25. The first kappa shape index (κ1) is 22.0. The number of rotatable bonds is 7. The molecule has 0 spiro atoms. The van der Waals surface area contributed by atoms with Crippen molar-refractivity contribution in [3.63, 3.8) is 0 Å². The van der Waals surface area contributed by atoms with Crippen LogP contribution >= 0.6 is 0 Å². The van der Waals surface area contributed by atoms with Crippen molar-refractivity contribution in [3.8, 4) is 0 Å². The van der Waals surface area contributed by atoms with Crippen molar-refractivity contribution in [2.24, 2.45) is 0 Å². The third kappa shape index (κ3) is 5.13. The summed E-state index contributed by atoms with van der Waals surface area (Å²) in [6, 6.07) is 12.6. The van der Waals surface area contributed by atoms with Crippen molar-refractivity contribution in [2.45, 2.75) is 53.1 Å². The van der Waals surface area contributed by atoms with Crippen LogP contribution in [0.3, 0.4) is 0 Å². The maximum atomic E-state index is 13.0. The zero-order valence-electron chi connectivity index (χ0n) is 17.5. The van der Waals surface area contributed by atoms with Crippen LogP contribution in [0.5, 0.6) is 0 Å². The standard InChI is InChI=1S/C22H30N2O3S/c1-7-20(19-12-9-15(2)10-13-19)23-22(25)18(5)24(28(6,26)27)21-14-16(3)8-11-17(21)4/h8-14,18,20H,7H2,1-6H3,(H,23,25). The van der Waals surface area contributed by atoms with E-state index in [9.17, 15) is 13.2 Å². The number of aryl methyl sites for hydroxylation is 3. The molecule has 2 aromatic rings. The molecule has 0 saturated carbocycles. The number of nitrogens with zero attached hydrogens (tertiary/aromatic N) is 1. The van der Waals surface area contributed by atoms with Gasteiger partial charge in [-0.05, 0) is 56.9 Å². The summed E-state index contributed by atoms with van der Waals surface area (Å²) >= 11 is 0. The lowest BCUT2D eigenvalue weighted by molar-refractivity contribution is -0.122. The number of hydrogen-bond acceptors (Lipinski definition) is 3. The lowest BCUT2D eigenvalue weighted by Gasteiger charge is -2.31. The van der Waals surface area contributed by atoms with Crippen LogP contribution < -0.4 is 9.62 Å². The molecule has 2 aromatic carbocycles. The lowest BCUT2D eigenvalue weighted by atomic mass is 10.0. The maximum Gasteiger partial charge on any atom is 0.244 e. The summed E-state index contributed by atoms with van der Waals surface area (Å²) in [5.41, 5.74) is 4.44. The smallest absolute Gasteiger partial charge is 0.244 e. The van der Waals surface area contributed by atoms with E-state index in [1.165, 1.54) is 4.31 Å². The van der Waals surface area contributed by atoms with Gasteiger partial charge in [0.05, 0.1) is 18.0 Å². The second-order valence-corrected chi connectivity index (χ2v) is 9.26. The Kier molecular flexibility index (Phi) is 6.88. The molecule has 0 radical (unpaired) electrons. The summed E-state index contributed by atoms with van der Waals surface area (Å²) < 4.78 is 26.3. The summed E-state index contributed by atoms with van der Waals surface area (Å²) in [4.78, 5) is 13.0. The number of benzene rings is 2. The van der Waals surface area contributed by atoms with Crippen LogP contribution in [0.4, 0.5) is 5.69 Å². The predicted molar refractivity (Wildman–Crippen MR) is 115 cm³/mol. The molecule has 0 heterocycles. The number of nitrogens with one attached hydrogen (secondary N) is 1. The molecule has 0 aliphatic rings. The zero-order valence-corrected chi connectivity index (χ0v) is 18.3. The number of anilines is 1. The number of carbonyl (C=O) groups excluding carboxylic acids is 1. The van der Waals surface area contributed by atoms with Gasteiger partial charge in [0.1, 0.15) is 6.04 Å². The van der Waals surface area contributed by atoms with Crippen LogP contribution in [-0.2, 0) is 14.8 Å². The Hall–Kier alpha value is -2.34. The average molecular weight is 403 g/mol. The summed E-state index contributed by atoms with van der Waals surface area (Å²) in [5, 5.41) is 3.01. The highest BCUT2D eigenvalue weighted by Gasteiger charge is 2.31. The van der Waals surface area contributed by atoms with Gasteiger partial charge in [-0.3, -0.25) is 9.10 Å². The Morgan fingerprint density at radius 2 is 1.61 bits per heavy atom. The first-order valence-electron chi connectivity index (χ1n) is 9.48. The SMILES string of the molecule is CCC(NC(=O)C(C)N(c1cc(C)ccc1C)S(C)(=O)=O)c1ccc(C)cc1. The van der Waals surface area contributed by atoms with E-state index in [1.807, 2.05) is 64.1 Å². The van der Waals surface area contributed by atoms with Gasteiger partial charge in [0.2, 0.25) is 15.9 Å². The van der Waals surface area contributed by atoms with Gasteiger partial charge in [-0.25, -0.2) is 8.42 Å². The van der Waals surface area contributed by atoms with Gasteiger partial charge in [-0.15, -0.1) is 0 Å². The van der Waals surface area contributed by atoms with E-state index in [0.717, 1.165) is 28.5 Å². The predicted octanol–water partition coefficient (Wildman–Crippen LogP) is 4.03. The molecule has 0 bridgehead atoms. The van der Waals surface area contributed by atoms with E-state index in [4.69, 9.17) is 0 Å². The van der Waals surface area contributed by atoms with Crippen LogP contribution in [0.1, 0.15) is 48.6 Å². The monoisotopic (exact) mass is 402 g/mol. The fraction of sp³-hybridized carbons (Fsp3) is 0.409. The number of hydrogen-bond donors (Lipinski definition) is 1. The van der Waals surface area contributed by atoms with Crippen molar-refractivity contribution >= 4 is 21.6 Å². The maximum absolute atomic E-state index is 13.0. The summed E-state index contributed by atoms with van der Waals surface area (Å²) in [6.07, 6.45) is 1.85. The second-order valence-electron chi connectivity index (χ2n) is 7.40. The molecular formula is C22H30N2O3S. The van der Waals surface area contributed by atoms with E-state index >= 15 is 0 Å². The van der Waals surface area contributed by atoms with E-state index < -0.39 is 16.1 Å². The fourth-order valence-corrected chi connectivity index (χ4v) is 4.47. The van der Waals surface area contributed by atoms with Crippen molar-refractivity contribution in [3.05, 3.63) is 64.7 Å². The molecule has 0 saturated heterocycles. The minimum absolute atomic E-state index is 0.171. The van der Waals surface area contributed by atoms with Gasteiger partial charge in [0.25, 0.3) is 0 Å². The van der Waals surface area contributed by atoms with Crippen molar-refractivity contribution < 1.29 is 13.2 Å². The Morgan fingerprint density at radius 3 is 2.14 bits per heavy atom. The molecule has 0 aromatic heterocycles. The van der Waals surface area contributed by atoms with Gasteiger partial charge in [-0.2, -0.15) is 0 Å². The Morgan fingerprint density at radius 1 is 1.04 bits per heavy atom. The van der Waals surface area contributed by atoms with Crippen LogP contribution in [0.25, 0.3) is 0 Å². The molecule has 152 valence electrons. The molecule has 0 aliphatic heterocycles. The first-order chi connectivity index (χ1) is 13.0. The van der Waals surface area contributed by atoms with Gasteiger partial charge in [0.15, 0.2) is 0 Å². The van der Waals surface area contributed by atoms with Gasteiger partial charge >= 0.3 is 0 Å². The van der Waals surface area contributed by atoms with Crippen molar-refractivity contribution in [1.82, 2.24) is 5.32 Å². The highest BCUT2D eigenvalue weighted by molar-refractivity contribution is 7.92. The normalized spacial score (nSPS) is 13.6. The summed E-state index contributed by atoms with van der Waals surface area (Å²) in [7, 11) is -3.64. The quantitative estimate of drug-likeness (QED) is 0.760. The Bertz CT molecular complexity index is 937. The van der Waals surface area contributed by atoms with Crippen molar-refractivity contribution in [2.75, 3.05) is 10.6 Å². The zero-order chi connectivity index (χ0) is 21.1. The number of carbonyl (C=O) groups is 1. The average Bonchev–Trinajstić information content (AvgIpc) is 2.62. The summed E-state index contributed by atoms with van der Waals surface area (Å²) in [5.74, 6) is -0.321. The molecule has 1 amide bonds. The van der Waals surface area contributed by atoms with Crippen LogP contribution in [0, 0.1) is 20.8 Å². The highest BCUT2D eigenvalue weighted by atomic mass is 32.2. The number of sulfonamides is 1. The van der Waals surface area contributed by atoms with Crippen LogP contribution in [0.15, 0.2) is 42.5 Å². The molecular weight excluding hydrogens is 372 g/mol. The van der Waals surface area contributed by atoms with E-state index in [1.54, 1.807) is 13.0 Å². The first-order valence-corrected chi connectivity index (χ1v) is 11.3. The third-order valence-electron chi connectivity index (χ3n) is 4.90. The van der Waals surface area contributed by atoms with Gasteiger partial charge < -0.3 is 5.32 Å². The van der Waals surface area contributed by atoms with E-state index in [2.05, 4.69) is 5.32 Å². The molecule has 2 unspecified atom stereocenters. The van der Waals surface area contributed by atoms with Crippen LogP contribution in [0.2, 0.25) is 0 Å². The molecule has 5 nitrogen and oxygen atoms in total. The van der Waals surface area contributed by atoms with Gasteiger partial charge in [0, 0.05) is 0 Å². The van der Waals surface area contributed by atoms with Gasteiger partial charge in [-0.1, -0.05) is 48.9 Å². The van der Waals surface area contributed by atoms with E-state index in [-0.39, 0.29) is 11.9 Å². The molecule has 0 fully saturated rings. The Labute approximate surface area is 168 Å². The lowest BCUT2D eigenvalue weighted by Crippen LogP contribution is -2.48. The molecule has 1 N–H and O–H groups in total. The molecule has 28 heavy (non-hydrogen) atoms. The largest absolute Gasteiger partial charge is 0.347 e. The second kappa shape index (κ2) is 8.78. The molecule has 6 heteroatoms. The highest BCUT2D eigenvalue weighted by Crippen LogP contribution is 2.27. The topological polar surface area (TPSA) is 66.5 Å². The Balaban J connectivity index is 2.33. The van der Waals surface area contributed by atoms with E-state index in [0.29, 0.717) is 12.1 Å². The minimum Gasteiger partial charge on any atom is -0.347 e. The molecule has 2 atom stereocenters. The van der Waals surface area contributed by atoms with Crippen LogP contribution in [-0.4, -0.2) is 26.6 Å². The third-order valence-corrected chi connectivity index (χ3v) is 6.12. The number of amides is 1. The van der Waals surface area contributed by atoms with Crippen molar-refractivity contribution in [1.29, 1.82) is 0 Å². The minimum atomic E-state index is -3.64.